The van der Waals surface area contributed by atoms with E-state index in [0.29, 0.717) is 5.56 Å². The van der Waals surface area contributed by atoms with E-state index in [9.17, 15) is 23.6 Å². The molecule has 0 aromatic heterocycles. The summed E-state index contributed by atoms with van der Waals surface area (Å²) >= 11 is 0. The standard InChI is InChI=1S/C24H28N2O6S/c1-16-22(14-27)32-21-9-8-17(12-23(28)31-15-24(2,3)4)11-20(21)26(16)33(29,30)19-7-5-6-18(10-19)13-25/h5-11,16,22,27H,12,14-15H2,1-4H3/t16-,22+/m0/s1. The third-order valence-corrected chi connectivity index (χ3v) is 7.06. The number of hydrogen-bond donors (Lipinski definition) is 1. The molecule has 0 saturated carbocycles. The van der Waals surface area contributed by atoms with Crippen molar-refractivity contribution in [1.82, 2.24) is 0 Å². The number of aliphatic hydroxyl groups excluding tert-OH is 1. The number of ether oxygens (including phenoxy) is 2. The van der Waals surface area contributed by atoms with Crippen LogP contribution in [0.4, 0.5) is 5.69 Å². The highest BCUT2D eigenvalue weighted by Gasteiger charge is 2.40. The number of fused-ring (bicyclic) bond motifs is 1. The maximum absolute atomic E-state index is 13.6. The molecule has 2 atom stereocenters. The Hall–Kier alpha value is -3.09. The average molecular weight is 473 g/mol. The van der Waals surface area contributed by atoms with Gasteiger partial charge in [-0.3, -0.25) is 9.10 Å². The molecule has 0 unspecified atom stereocenters. The minimum absolute atomic E-state index is 0.0288. The van der Waals surface area contributed by atoms with Crippen molar-refractivity contribution in [3.8, 4) is 11.8 Å². The van der Waals surface area contributed by atoms with E-state index < -0.39 is 28.1 Å². The van der Waals surface area contributed by atoms with Gasteiger partial charge in [0.25, 0.3) is 10.0 Å². The molecule has 0 aliphatic carbocycles. The Bertz CT molecular complexity index is 1180. The van der Waals surface area contributed by atoms with Gasteiger partial charge in [0, 0.05) is 0 Å². The SMILES string of the molecule is C[C@H]1[C@@H](CO)Oc2ccc(CC(=O)OCC(C)(C)C)cc2N1S(=O)(=O)c1cccc(C#N)c1. The number of esters is 1. The maximum Gasteiger partial charge on any atom is 0.310 e. The summed E-state index contributed by atoms with van der Waals surface area (Å²) < 4.78 is 39.6. The van der Waals surface area contributed by atoms with Gasteiger partial charge in [0.15, 0.2) is 0 Å². The molecule has 0 amide bonds. The summed E-state index contributed by atoms with van der Waals surface area (Å²) in [7, 11) is -4.10. The number of hydrogen-bond acceptors (Lipinski definition) is 7. The molecule has 3 rings (SSSR count). The van der Waals surface area contributed by atoms with Crippen molar-refractivity contribution in [2.24, 2.45) is 5.41 Å². The highest BCUT2D eigenvalue weighted by molar-refractivity contribution is 7.92. The van der Waals surface area contributed by atoms with Crippen molar-refractivity contribution < 1.29 is 27.8 Å². The highest BCUT2D eigenvalue weighted by atomic mass is 32.2. The van der Waals surface area contributed by atoms with E-state index in [1.807, 2.05) is 26.8 Å². The Morgan fingerprint density at radius 1 is 1.24 bits per heavy atom. The Labute approximate surface area is 194 Å². The van der Waals surface area contributed by atoms with Crippen molar-refractivity contribution in [3.63, 3.8) is 0 Å². The average Bonchev–Trinajstić information content (AvgIpc) is 2.76. The molecule has 0 bridgehead atoms. The second kappa shape index (κ2) is 9.41. The number of carbonyl (C=O) groups is 1. The third kappa shape index (κ3) is 5.46. The predicted molar refractivity (Wildman–Crippen MR) is 122 cm³/mol. The molecule has 9 heteroatoms. The van der Waals surface area contributed by atoms with E-state index in [1.54, 1.807) is 25.1 Å². The van der Waals surface area contributed by atoms with Gasteiger partial charge in [0.1, 0.15) is 11.9 Å². The van der Waals surface area contributed by atoms with Crippen molar-refractivity contribution in [2.45, 2.75) is 51.2 Å². The van der Waals surface area contributed by atoms with Crippen LogP contribution in [-0.4, -0.2) is 44.9 Å². The minimum atomic E-state index is -4.10. The zero-order valence-corrected chi connectivity index (χ0v) is 19.9. The summed E-state index contributed by atoms with van der Waals surface area (Å²) in [5.41, 5.74) is 0.871. The van der Waals surface area contributed by atoms with E-state index in [2.05, 4.69) is 0 Å². The van der Waals surface area contributed by atoms with Crippen molar-refractivity contribution in [2.75, 3.05) is 17.5 Å². The molecular weight excluding hydrogens is 444 g/mol. The van der Waals surface area contributed by atoms with Gasteiger partial charge in [-0.25, -0.2) is 8.42 Å². The lowest BCUT2D eigenvalue weighted by Gasteiger charge is -2.40. The first-order chi connectivity index (χ1) is 15.5. The summed E-state index contributed by atoms with van der Waals surface area (Å²) in [6, 6.07) is 11.8. The van der Waals surface area contributed by atoms with Crippen LogP contribution in [0.3, 0.4) is 0 Å². The fraction of sp³-hybridized carbons (Fsp3) is 0.417. The van der Waals surface area contributed by atoms with Gasteiger partial charge in [-0.15, -0.1) is 0 Å². The molecule has 33 heavy (non-hydrogen) atoms. The van der Waals surface area contributed by atoms with Gasteiger partial charge in [0.2, 0.25) is 0 Å². The zero-order valence-electron chi connectivity index (χ0n) is 19.1. The maximum atomic E-state index is 13.6. The van der Waals surface area contributed by atoms with Gasteiger partial charge < -0.3 is 14.6 Å². The molecule has 176 valence electrons. The largest absolute Gasteiger partial charge is 0.484 e. The van der Waals surface area contributed by atoms with E-state index in [4.69, 9.17) is 9.47 Å². The smallest absolute Gasteiger partial charge is 0.310 e. The van der Waals surface area contributed by atoms with E-state index in [1.165, 1.54) is 28.6 Å². The summed E-state index contributed by atoms with van der Waals surface area (Å²) in [5.74, 6) is -0.141. The number of carbonyl (C=O) groups excluding carboxylic acids is 1. The first-order valence-corrected chi connectivity index (χ1v) is 12.0. The summed E-state index contributed by atoms with van der Waals surface area (Å²) in [6.45, 7) is 7.40. The molecule has 2 aromatic carbocycles. The van der Waals surface area contributed by atoms with Crippen LogP contribution in [0, 0.1) is 16.7 Å². The molecule has 1 aliphatic heterocycles. The number of rotatable bonds is 6. The van der Waals surface area contributed by atoms with Crippen LogP contribution in [-0.2, 0) is 26.0 Å². The molecule has 1 N–H and O–H groups in total. The van der Waals surface area contributed by atoms with Gasteiger partial charge in [-0.1, -0.05) is 32.9 Å². The number of nitrogens with zero attached hydrogens (tertiary/aromatic N) is 2. The molecule has 0 radical (unpaired) electrons. The molecule has 0 spiro atoms. The predicted octanol–water partition coefficient (Wildman–Crippen LogP) is 3.03. The first-order valence-electron chi connectivity index (χ1n) is 10.6. The van der Waals surface area contributed by atoms with Crippen molar-refractivity contribution in [1.29, 1.82) is 5.26 Å². The lowest BCUT2D eigenvalue weighted by atomic mass is 9.99. The summed E-state index contributed by atoms with van der Waals surface area (Å²) in [6.07, 6.45) is -0.812. The molecule has 1 aliphatic rings. The van der Waals surface area contributed by atoms with Gasteiger partial charge in [0.05, 0.1) is 47.9 Å². The number of anilines is 1. The monoisotopic (exact) mass is 472 g/mol. The molecular formula is C24H28N2O6S. The van der Waals surface area contributed by atoms with Crippen LogP contribution in [0.5, 0.6) is 5.75 Å². The van der Waals surface area contributed by atoms with E-state index in [0.717, 1.165) is 0 Å². The van der Waals surface area contributed by atoms with Crippen LogP contribution < -0.4 is 9.04 Å². The Balaban J connectivity index is 2.00. The quantitative estimate of drug-likeness (QED) is 0.642. The Kier molecular flexibility index (Phi) is 7.00. The van der Waals surface area contributed by atoms with Crippen LogP contribution in [0.1, 0.15) is 38.8 Å². The number of sulfonamides is 1. The first kappa shape index (κ1) is 24.6. The third-order valence-electron chi connectivity index (χ3n) is 5.16. The molecule has 2 aromatic rings. The normalized spacial score (nSPS) is 18.1. The van der Waals surface area contributed by atoms with Crippen molar-refractivity contribution in [3.05, 3.63) is 53.6 Å². The lowest BCUT2D eigenvalue weighted by Crippen LogP contribution is -2.52. The number of nitriles is 1. The topological polar surface area (TPSA) is 117 Å². The number of aliphatic hydroxyl groups is 1. The number of benzene rings is 2. The van der Waals surface area contributed by atoms with Crippen LogP contribution in [0.25, 0.3) is 0 Å². The molecule has 0 saturated heterocycles. The Morgan fingerprint density at radius 3 is 2.61 bits per heavy atom. The van der Waals surface area contributed by atoms with E-state index >= 15 is 0 Å². The van der Waals surface area contributed by atoms with Gasteiger partial charge >= 0.3 is 5.97 Å². The van der Waals surface area contributed by atoms with Gasteiger partial charge in [-0.2, -0.15) is 5.26 Å². The second-order valence-corrected chi connectivity index (χ2v) is 11.0. The molecule has 8 nitrogen and oxygen atoms in total. The van der Waals surface area contributed by atoms with Crippen molar-refractivity contribution >= 4 is 21.7 Å². The lowest BCUT2D eigenvalue weighted by molar-refractivity contribution is -0.145. The Morgan fingerprint density at radius 2 is 1.97 bits per heavy atom. The van der Waals surface area contributed by atoms with E-state index in [-0.39, 0.29) is 46.9 Å². The summed E-state index contributed by atoms with van der Waals surface area (Å²) in [5, 5.41) is 19.0. The van der Waals surface area contributed by atoms with Gasteiger partial charge in [-0.05, 0) is 48.2 Å². The van der Waals surface area contributed by atoms with Crippen LogP contribution >= 0.6 is 0 Å². The zero-order chi connectivity index (χ0) is 24.4. The summed E-state index contributed by atoms with van der Waals surface area (Å²) in [4.78, 5) is 12.3. The van der Waals surface area contributed by atoms with Crippen LogP contribution in [0.2, 0.25) is 0 Å². The minimum Gasteiger partial charge on any atom is -0.484 e. The second-order valence-electron chi connectivity index (χ2n) is 9.22. The molecule has 1 heterocycles. The highest BCUT2D eigenvalue weighted by Crippen LogP contribution is 2.40. The fourth-order valence-electron chi connectivity index (χ4n) is 3.47. The van der Waals surface area contributed by atoms with Crippen LogP contribution in [0.15, 0.2) is 47.4 Å². The fourth-order valence-corrected chi connectivity index (χ4v) is 5.20. The molecule has 0 fully saturated rings.